The minimum atomic E-state index is -1.59. The first-order chi connectivity index (χ1) is 14.0. The summed E-state index contributed by atoms with van der Waals surface area (Å²) in [6.45, 7) is 3.94. The highest BCUT2D eigenvalue weighted by molar-refractivity contribution is 7.98. The third kappa shape index (κ3) is 9.28. The van der Waals surface area contributed by atoms with Crippen LogP contribution >= 0.6 is 11.8 Å². The summed E-state index contributed by atoms with van der Waals surface area (Å²) in [6, 6.07) is -4.88. The Morgan fingerprint density at radius 3 is 1.97 bits per heavy atom. The van der Waals surface area contributed by atoms with Crippen LogP contribution in [-0.4, -0.2) is 87.9 Å². The van der Waals surface area contributed by atoms with Gasteiger partial charge in [0.25, 0.3) is 0 Å². The molecule has 0 radical (unpaired) electrons. The van der Waals surface area contributed by atoms with Crippen molar-refractivity contribution in [1.29, 1.82) is 0 Å². The summed E-state index contributed by atoms with van der Waals surface area (Å²) in [5.74, 6) is -3.30. The van der Waals surface area contributed by atoms with Gasteiger partial charge >= 0.3 is 5.97 Å². The van der Waals surface area contributed by atoms with Crippen LogP contribution in [0.2, 0.25) is 0 Å². The SMILES string of the molecule is CCC(C)C(NC(=O)C(N)CCSC)C(=O)NC(C(=O)NC(CO)C(=O)O)C(C)O. The van der Waals surface area contributed by atoms with Gasteiger partial charge in [-0.2, -0.15) is 11.8 Å². The van der Waals surface area contributed by atoms with Crippen LogP contribution in [0.25, 0.3) is 0 Å². The molecule has 0 bridgehead atoms. The van der Waals surface area contributed by atoms with Crippen molar-refractivity contribution in [2.45, 2.75) is 63.9 Å². The number of rotatable bonds is 14. The van der Waals surface area contributed by atoms with E-state index in [2.05, 4.69) is 10.6 Å². The molecule has 0 saturated heterocycles. The zero-order valence-electron chi connectivity index (χ0n) is 17.8. The second-order valence-corrected chi connectivity index (χ2v) is 8.05. The Labute approximate surface area is 180 Å². The molecule has 0 heterocycles. The topological polar surface area (TPSA) is 191 Å². The van der Waals surface area contributed by atoms with E-state index in [-0.39, 0.29) is 5.92 Å². The lowest BCUT2D eigenvalue weighted by molar-refractivity contribution is -0.144. The van der Waals surface area contributed by atoms with E-state index in [0.717, 1.165) is 0 Å². The molecule has 6 atom stereocenters. The minimum absolute atomic E-state index is 0.302. The first kappa shape index (κ1) is 28.1. The third-order valence-electron chi connectivity index (χ3n) is 4.62. The van der Waals surface area contributed by atoms with E-state index in [4.69, 9.17) is 15.9 Å². The number of aliphatic hydroxyl groups excluding tert-OH is 2. The highest BCUT2D eigenvalue weighted by Crippen LogP contribution is 2.10. The summed E-state index contributed by atoms with van der Waals surface area (Å²) < 4.78 is 0. The lowest BCUT2D eigenvalue weighted by atomic mass is 9.97. The molecule has 174 valence electrons. The van der Waals surface area contributed by atoms with E-state index in [1.54, 1.807) is 6.92 Å². The summed E-state index contributed by atoms with van der Waals surface area (Å²) in [4.78, 5) is 48.5. The van der Waals surface area contributed by atoms with Crippen molar-refractivity contribution in [2.24, 2.45) is 11.7 Å². The lowest BCUT2D eigenvalue weighted by Gasteiger charge is -2.28. The fraction of sp³-hybridized carbons (Fsp3) is 0.778. The number of carboxylic acid groups (broad SMARTS) is 1. The van der Waals surface area contributed by atoms with Crippen molar-refractivity contribution in [2.75, 3.05) is 18.6 Å². The quantitative estimate of drug-likeness (QED) is 0.157. The van der Waals surface area contributed by atoms with Gasteiger partial charge in [-0.3, -0.25) is 14.4 Å². The van der Waals surface area contributed by atoms with Crippen LogP contribution in [0.1, 0.15) is 33.6 Å². The number of aliphatic carboxylic acids is 1. The number of nitrogens with one attached hydrogen (secondary N) is 3. The maximum atomic E-state index is 12.8. The Balaban J connectivity index is 5.34. The van der Waals surface area contributed by atoms with Crippen molar-refractivity contribution in [3.63, 3.8) is 0 Å². The monoisotopic (exact) mass is 450 g/mol. The number of hydrogen-bond acceptors (Lipinski definition) is 8. The molecule has 0 aromatic heterocycles. The Kier molecular flexibility index (Phi) is 13.3. The molecule has 0 saturated carbocycles. The van der Waals surface area contributed by atoms with Crippen molar-refractivity contribution in [1.82, 2.24) is 16.0 Å². The summed E-state index contributed by atoms with van der Waals surface area (Å²) in [5, 5.41) is 34.9. The third-order valence-corrected chi connectivity index (χ3v) is 5.27. The van der Waals surface area contributed by atoms with Crippen molar-refractivity contribution >= 4 is 35.5 Å². The maximum absolute atomic E-state index is 12.8. The van der Waals surface area contributed by atoms with Crippen LogP contribution in [0, 0.1) is 5.92 Å². The number of aliphatic hydroxyl groups is 2. The highest BCUT2D eigenvalue weighted by Gasteiger charge is 2.34. The molecule has 0 aliphatic carbocycles. The zero-order chi connectivity index (χ0) is 23.4. The summed E-state index contributed by atoms with van der Waals surface area (Å²) in [5.41, 5.74) is 5.85. The number of thioether (sulfide) groups is 1. The number of nitrogens with two attached hydrogens (primary N) is 1. The zero-order valence-corrected chi connectivity index (χ0v) is 18.6. The molecular formula is C18H34N4O7S. The van der Waals surface area contributed by atoms with Gasteiger partial charge in [-0.15, -0.1) is 0 Å². The van der Waals surface area contributed by atoms with Crippen molar-refractivity contribution < 1.29 is 34.5 Å². The molecule has 30 heavy (non-hydrogen) atoms. The molecule has 11 nitrogen and oxygen atoms in total. The van der Waals surface area contributed by atoms with Gasteiger partial charge in [-0.25, -0.2) is 4.79 Å². The van der Waals surface area contributed by atoms with Crippen molar-refractivity contribution in [3.05, 3.63) is 0 Å². The van der Waals surface area contributed by atoms with E-state index < -0.39 is 60.6 Å². The molecule has 0 rings (SSSR count). The molecule has 0 spiro atoms. The molecule has 3 amide bonds. The Hall–Kier alpha value is -1.89. The van der Waals surface area contributed by atoms with Crippen LogP contribution in [0.3, 0.4) is 0 Å². The number of carbonyl (C=O) groups excluding carboxylic acids is 3. The Morgan fingerprint density at radius 2 is 1.53 bits per heavy atom. The Morgan fingerprint density at radius 1 is 1.00 bits per heavy atom. The van der Waals surface area contributed by atoms with Gasteiger partial charge in [0.1, 0.15) is 18.1 Å². The van der Waals surface area contributed by atoms with Gasteiger partial charge in [-0.1, -0.05) is 20.3 Å². The van der Waals surface area contributed by atoms with Gasteiger partial charge in [0, 0.05) is 0 Å². The van der Waals surface area contributed by atoms with Gasteiger partial charge in [-0.05, 0) is 31.3 Å². The molecule has 0 aliphatic heterocycles. The van der Waals surface area contributed by atoms with E-state index >= 15 is 0 Å². The second kappa shape index (κ2) is 14.2. The highest BCUT2D eigenvalue weighted by atomic mass is 32.2. The number of hydrogen-bond donors (Lipinski definition) is 7. The molecule has 0 aliphatic rings. The van der Waals surface area contributed by atoms with Crippen LogP contribution in [0.15, 0.2) is 0 Å². The van der Waals surface area contributed by atoms with Gasteiger partial charge in [0.2, 0.25) is 17.7 Å². The smallest absolute Gasteiger partial charge is 0.328 e. The second-order valence-electron chi connectivity index (χ2n) is 7.07. The maximum Gasteiger partial charge on any atom is 0.328 e. The summed E-state index contributed by atoms with van der Waals surface area (Å²) in [6.07, 6.45) is 1.49. The molecule has 12 heteroatoms. The number of carboxylic acids is 1. The van der Waals surface area contributed by atoms with E-state index in [9.17, 15) is 24.3 Å². The average molecular weight is 451 g/mol. The molecule has 6 unspecified atom stereocenters. The molecule has 0 fully saturated rings. The standard InChI is InChI=1S/C18H34N4O7S/c1-5-9(2)13(21-15(25)11(19)6-7-30-4)16(26)22-14(10(3)24)17(27)20-12(8-23)18(28)29/h9-14,23-24H,5-8,19H2,1-4H3,(H,20,27)(H,21,25)(H,22,26)(H,28,29). The van der Waals surface area contributed by atoms with Crippen LogP contribution in [-0.2, 0) is 19.2 Å². The minimum Gasteiger partial charge on any atom is -0.480 e. The first-order valence-corrected chi connectivity index (χ1v) is 11.1. The van der Waals surface area contributed by atoms with E-state index in [0.29, 0.717) is 18.6 Å². The first-order valence-electron chi connectivity index (χ1n) is 9.67. The van der Waals surface area contributed by atoms with E-state index in [1.165, 1.54) is 18.7 Å². The summed E-state index contributed by atoms with van der Waals surface area (Å²) >= 11 is 1.54. The van der Waals surface area contributed by atoms with Crippen molar-refractivity contribution in [3.8, 4) is 0 Å². The molecular weight excluding hydrogens is 416 g/mol. The predicted octanol–water partition coefficient (Wildman–Crippen LogP) is -1.97. The normalized spacial score (nSPS) is 17.0. The fourth-order valence-electron chi connectivity index (χ4n) is 2.43. The predicted molar refractivity (Wildman–Crippen MR) is 113 cm³/mol. The molecule has 8 N–H and O–H groups in total. The Bertz CT molecular complexity index is 591. The largest absolute Gasteiger partial charge is 0.480 e. The van der Waals surface area contributed by atoms with Crippen LogP contribution in [0.5, 0.6) is 0 Å². The fourth-order valence-corrected chi connectivity index (χ4v) is 2.92. The lowest BCUT2D eigenvalue weighted by Crippen LogP contribution is -2.61. The van der Waals surface area contributed by atoms with E-state index in [1.807, 2.05) is 18.5 Å². The van der Waals surface area contributed by atoms with Crippen LogP contribution in [0.4, 0.5) is 0 Å². The molecule has 0 aromatic rings. The number of carbonyl (C=O) groups is 4. The number of amides is 3. The summed E-state index contributed by atoms with van der Waals surface area (Å²) in [7, 11) is 0. The van der Waals surface area contributed by atoms with Crippen LogP contribution < -0.4 is 21.7 Å². The van der Waals surface area contributed by atoms with Gasteiger partial charge < -0.3 is 37.0 Å². The van der Waals surface area contributed by atoms with Gasteiger partial charge in [0.15, 0.2) is 0 Å². The average Bonchev–Trinajstić information content (AvgIpc) is 2.70. The molecule has 0 aromatic carbocycles. The van der Waals surface area contributed by atoms with Gasteiger partial charge in [0.05, 0.1) is 18.8 Å².